The summed E-state index contributed by atoms with van der Waals surface area (Å²) in [7, 11) is 3.95. The van der Waals surface area contributed by atoms with Gasteiger partial charge in [0.15, 0.2) is 6.29 Å². The smallest absolute Gasteiger partial charge is 0.171 e. The molecule has 7 heteroatoms. The zero-order chi connectivity index (χ0) is 17.7. The van der Waals surface area contributed by atoms with Crippen molar-refractivity contribution in [3.8, 4) is 6.07 Å². The van der Waals surface area contributed by atoms with Crippen LogP contribution in [-0.2, 0) is 4.74 Å². The van der Waals surface area contributed by atoms with Crippen molar-refractivity contribution in [3.63, 3.8) is 0 Å². The lowest BCUT2D eigenvalue weighted by Gasteiger charge is -2.31. The van der Waals surface area contributed by atoms with Crippen LogP contribution in [0.1, 0.15) is 18.9 Å². The number of hydrogen-bond donors (Lipinski definition) is 3. The Balaban J connectivity index is 2.08. The topological polar surface area (TPSA) is 88.8 Å². The first-order valence-electron chi connectivity index (χ1n) is 7.71. The average molecular weight is 349 g/mol. The van der Waals surface area contributed by atoms with E-state index in [-0.39, 0.29) is 6.61 Å². The summed E-state index contributed by atoms with van der Waals surface area (Å²) < 4.78 is 8.10. The zero-order valence-corrected chi connectivity index (χ0v) is 14.9. The molecule has 0 amide bonds. The molecule has 0 aromatic heterocycles. The number of aliphatic hydroxyl groups is 2. The van der Waals surface area contributed by atoms with Crippen molar-refractivity contribution in [3.05, 3.63) is 34.7 Å². The quantitative estimate of drug-likeness (QED) is 0.551. The van der Waals surface area contributed by atoms with E-state index in [2.05, 4.69) is 10.8 Å². The van der Waals surface area contributed by atoms with Crippen LogP contribution in [0.4, 0.5) is 5.69 Å². The molecule has 1 aliphatic rings. The number of nitrogens with zero attached hydrogens (tertiary/aromatic N) is 2. The molecular weight excluding hydrogens is 326 g/mol. The highest BCUT2D eigenvalue weighted by Gasteiger charge is 2.29. The van der Waals surface area contributed by atoms with Crippen molar-refractivity contribution in [2.24, 2.45) is 0 Å². The van der Waals surface area contributed by atoms with Crippen molar-refractivity contribution in [2.45, 2.75) is 31.8 Å². The third-order valence-corrected chi connectivity index (χ3v) is 4.92. The van der Waals surface area contributed by atoms with Gasteiger partial charge in [0.2, 0.25) is 0 Å². The van der Waals surface area contributed by atoms with Crippen LogP contribution < -0.4 is 9.62 Å². The van der Waals surface area contributed by atoms with Crippen molar-refractivity contribution in [1.82, 2.24) is 4.72 Å². The van der Waals surface area contributed by atoms with E-state index in [9.17, 15) is 15.5 Å². The molecule has 0 spiro atoms. The number of ether oxygens (including phenoxy) is 1. The molecule has 3 unspecified atom stereocenters. The maximum atomic E-state index is 9.80. The van der Waals surface area contributed by atoms with E-state index in [0.717, 1.165) is 28.8 Å². The fourth-order valence-electron chi connectivity index (χ4n) is 2.37. The molecule has 0 saturated carbocycles. The first-order chi connectivity index (χ1) is 11.4. The van der Waals surface area contributed by atoms with Gasteiger partial charge < -0.3 is 19.8 Å². The van der Waals surface area contributed by atoms with Crippen LogP contribution in [0.25, 0.3) is 5.57 Å². The lowest BCUT2D eigenvalue weighted by Crippen LogP contribution is -2.46. The highest BCUT2D eigenvalue weighted by Crippen LogP contribution is 2.27. The van der Waals surface area contributed by atoms with E-state index in [1.165, 1.54) is 0 Å². The number of aliphatic hydroxyl groups excluding tert-OH is 2. The van der Waals surface area contributed by atoms with Crippen molar-refractivity contribution in [2.75, 3.05) is 25.6 Å². The molecule has 3 N–H and O–H groups in total. The summed E-state index contributed by atoms with van der Waals surface area (Å²) in [6, 6.07) is 9.72. The monoisotopic (exact) mass is 349 g/mol. The van der Waals surface area contributed by atoms with Crippen LogP contribution in [0.5, 0.6) is 0 Å². The third-order valence-electron chi connectivity index (χ3n) is 3.90. The van der Waals surface area contributed by atoms with Gasteiger partial charge in [-0.05, 0) is 48.6 Å². The van der Waals surface area contributed by atoms with Crippen LogP contribution in [0.3, 0.4) is 0 Å². The SMILES string of the molecule is C/C(=C(/C#N)SNC1CC(O)COC1O)c1ccc(N(C)C)cc1. The molecule has 1 fully saturated rings. The molecule has 130 valence electrons. The normalized spacial score (nSPS) is 24.9. The van der Waals surface area contributed by atoms with Crippen molar-refractivity contribution < 1.29 is 14.9 Å². The highest BCUT2D eigenvalue weighted by atomic mass is 32.2. The Bertz CT molecular complexity index is 625. The Kier molecular flexibility index (Phi) is 6.66. The molecule has 0 aliphatic carbocycles. The number of anilines is 1. The van der Waals surface area contributed by atoms with Crippen LogP contribution >= 0.6 is 11.9 Å². The predicted molar refractivity (Wildman–Crippen MR) is 96.1 cm³/mol. The molecule has 2 rings (SSSR count). The Morgan fingerprint density at radius 3 is 2.58 bits per heavy atom. The molecule has 0 radical (unpaired) electrons. The second-order valence-electron chi connectivity index (χ2n) is 5.95. The summed E-state index contributed by atoms with van der Waals surface area (Å²) in [6.07, 6.45) is -1.22. The van der Waals surface area contributed by atoms with Gasteiger partial charge in [-0.1, -0.05) is 12.1 Å². The van der Waals surface area contributed by atoms with Crippen LogP contribution in [0, 0.1) is 11.3 Å². The Morgan fingerprint density at radius 2 is 2.00 bits per heavy atom. The minimum absolute atomic E-state index is 0.127. The fourth-order valence-corrected chi connectivity index (χ4v) is 3.17. The second-order valence-corrected chi connectivity index (χ2v) is 6.80. The van der Waals surface area contributed by atoms with E-state index in [0.29, 0.717) is 11.3 Å². The van der Waals surface area contributed by atoms with Gasteiger partial charge in [-0.2, -0.15) is 5.26 Å². The van der Waals surface area contributed by atoms with Gasteiger partial charge in [0.1, 0.15) is 11.0 Å². The standard InChI is InChI=1S/C17H23N3O3S/c1-11(12-4-6-13(7-5-12)20(2)3)16(9-18)24-19-15-8-14(21)10-23-17(15)22/h4-7,14-15,17,19,21-22H,8,10H2,1-3H3/b16-11+. The lowest BCUT2D eigenvalue weighted by molar-refractivity contribution is -0.168. The maximum absolute atomic E-state index is 9.80. The van der Waals surface area contributed by atoms with Gasteiger partial charge in [0.25, 0.3) is 0 Å². The summed E-state index contributed by atoms with van der Waals surface area (Å²) in [4.78, 5) is 2.53. The first-order valence-corrected chi connectivity index (χ1v) is 8.53. The lowest BCUT2D eigenvalue weighted by atomic mass is 10.1. The fraction of sp³-hybridized carbons (Fsp3) is 0.471. The predicted octanol–water partition coefficient (Wildman–Crippen LogP) is 1.71. The molecule has 1 aromatic carbocycles. The minimum Gasteiger partial charge on any atom is -0.391 e. The van der Waals surface area contributed by atoms with E-state index in [1.54, 1.807) is 0 Å². The van der Waals surface area contributed by atoms with E-state index < -0.39 is 18.4 Å². The number of rotatable bonds is 5. The van der Waals surface area contributed by atoms with Gasteiger partial charge >= 0.3 is 0 Å². The van der Waals surface area contributed by atoms with E-state index in [1.807, 2.05) is 50.2 Å². The molecular formula is C17H23N3O3S. The summed E-state index contributed by atoms with van der Waals surface area (Å²) in [6.45, 7) is 2.02. The van der Waals surface area contributed by atoms with Gasteiger partial charge in [0, 0.05) is 19.8 Å². The summed E-state index contributed by atoms with van der Waals surface area (Å²) in [5.74, 6) is 0. The number of allylic oxidation sites excluding steroid dienone is 2. The van der Waals surface area contributed by atoms with Crippen LogP contribution in [0.2, 0.25) is 0 Å². The van der Waals surface area contributed by atoms with E-state index in [4.69, 9.17) is 4.74 Å². The largest absolute Gasteiger partial charge is 0.391 e. The maximum Gasteiger partial charge on any atom is 0.171 e. The molecule has 1 aliphatic heterocycles. The molecule has 6 nitrogen and oxygen atoms in total. The van der Waals surface area contributed by atoms with Gasteiger partial charge in [-0.3, -0.25) is 4.72 Å². The Hall–Kier alpha value is -1.56. The van der Waals surface area contributed by atoms with Gasteiger partial charge in [-0.25, -0.2) is 0 Å². The second kappa shape index (κ2) is 8.51. The number of nitrogens with one attached hydrogen (secondary N) is 1. The van der Waals surface area contributed by atoms with E-state index >= 15 is 0 Å². The molecule has 1 heterocycles. The number of nitriles is 1. The Labute approximate surface area is 146 Å². The highest BCUT2D eigenvalue weighted by molar-refractivity contribution is 8.01. The molecule has 1 aromatic rings. The number of hydrogen-bond acceptors (Lipinski definition) is 7. The van der Waals surface area contributed by atoms with Gasteiger partial charge in [-0.15, -0.1) is 0 Å². The average Bonchev–Trinajstić information content (AvgIpc) is 2.58. The summed E-state index contributed by atoms with van der Waals surface area (Å²) in [5.41, 5.74) is 2.91. The molecule has 1 saturated heterocycles. The zero-order valence-electron chi connectivity index (χ0n) is 14.1. The third kappa shape index (κ3) is 4.72. The summed E-state index contributed by atoms with van der Waals surface area (Å²) in [5, 5.41) is 28.8. The van der Waals surface area contributed by atoms with Crippen molar-refractivity contribution >= 4 is 23.2 Å². The first kappa shape index (κ1) is 18.8. The minimum atomic E-state index is -0.986. The summed E-state index contributed by atoms with van der Waals surface area (Å²) >= 11 is 1.15. The van der Waals surface area contributed by atoms with Crippen LogP contribution in [-0.4, -0.2) is 49.4 Å². The number of benzene rings is 1. The van der Waals surface area contributed by atoms with Crippen LogP contribution in [0.15, 0.2) is 29.2 Å². The molecule has 0 bridgehead atoms. The molecule has 24 heavy (non-hydrogen) atoms. The van der Waals surface area contributed by atoms with Gasteiger partial charge in [0.05, 0.1) is 18.8 Å². The molecule has 3 atom stereocenters. The Morgan fingerprint density at radius 1 is 1.33 bits per heavy atom. The van der Waals surface area contributed by atoms with Crippen molar-refractivity contribution in [1.29, 1.82) is 5.26 Å².